The largest absolute Gasteiger partial charge is 0.349 e. The van der Waals surface area contributed by atoms with Gasteiger partial charge in [-0.1, -0.05) is 173 Å². The Bertz CT molecular complexity index is 607. The molecule has 1 atom stereocenters. The van der Waals surface area contributed by atoms with Gasteiger partial charge in [-0.3, -0.25) is 4.79 Å². The van der Waals surface area contributed by atoms with Crippen molar-refractivity contribution in [3.8, 4) is 0 Å². The number of amides is 1. The highest BCUT2D eigenvalue weighted by Gasteiger charge is 2.19. The minimum atomic E-state index is 0.245. The molecule has 2 nitrogen and oxygen atoms in total. The van der Waals surface area contributed by atoms with Crippen molar-refractivity contribution in [1.82, 2.24) is 4.90 Å². The maximum absolute atomic E-state index is 12.8. The summed E-state index contributed by atoms with van der Waals surface area (Å²) in [5.41, 5.74) is 0. The first-order valence-electron chi connectivity index (χ1n) is 19.6. The number of nitrogens with zero attached hydrogens (tertiary/aromatic N) is 1. The van der Waals surface area contributed by atoms with Crippen molar-refractivity contribution in [2.45, 2.75) is 213 Å². The maximum atomic E-state index is 12.8. The van der Waals surface area contributed by atoms with Crippen LogP contribution < -0.4 is 0 Å². The van der Waals surface area contributed by atoms with E-state index in [1.54, 1.807) is 0 Å². The smallest absolute Gasteiger partial charge is 0.225 e. The van der Waals surface area contributed by atoms with Crippen LogP contribution in [0.1, 0.15) is 213 Å². The standard InChI is InChI=1S/C41H79NO/c1-5-7-9-11-13-15-17-19-21-23-25-27-29-31-33-35-37-39-40(41(43)42(3)4)38-36-34-32-30-28-26-24-22-20-18-16-14-12-10-8-6-2/h19-22,40H,5-18,23-39H2,1-4H3/b21-19-,22-20-. The van der Waals surface area contributed by atoms with E-state index in [-0.39, 0.29) is 5.92 Å². The van der Waals surface area contributed by atoms with Crippen LogP contribution in [0.5, 0.6) is 0 Å². The summed E-state index contributed by atoms with van der Waals surface area (Å²) >= 11 is 0. The van der Waals surface area contributed by atoms with Gasteiger partial charge in [-0.15, -0.1) is 0 Å². The van der Waals surface area contributed by atoms with E-state index in [0.717, 1.165) is 12.8 Å². The van der Waals surface area contributed by atoms with E-state index >= 15 is 0 Å². The molecule has 0 rings (SSSR count). The number of carbonyl (C=O) groups is 1. The Morgan fingerprint density at radius 2 is 0.674 bits per heavy atom. The quantitative estimate of drug-likeness (QED) is 0.0530. The Labute approximate surface area is 272 Å². The van der Waals surface area contributed by atoms with Crippen molar-refractivity contribution >= 4 is 5.91 Å². The predicted octanol–water partition coefficient (Wildman–Crippen LogP) is 13.9. The minimum absolute atomic E-state index is 0.245. The molecular weight excluding hydrogens is 522 g/mol. The number of carbonyl (C=O) groups excluding carboxylic acids is 1. The molecule has 0 bridgehead atoms. The van der Waals surface area contributed by atoms with Crippen LogP contribution >= 0.6 is 0 Å². The molecule has 0 aliphatic heterocycles. The van der Waals surface area contributed by atoms with Crippen molar-refractivity contribution in [1.29, 1.82) is 0 Å². The average Bonchev–Trinajstić information content (AvgIpc) is 3.00. The summed E-state index contributed by atoms with van der Waals surface area (Å²) in [4.78, 5) is 14.6. The van der Waals surface area contributed by atoms with Gasteiger partial charge in [0.05, 0.1) is 0 Å². The van der Waals surface area contributed by atoms with E-state index in [4.69, 9.17) is 0 Å². The van der Waals surface area contributed by atoms with Gasteiger partial charge in [0.25, 0.3) is 0 Å². The lowest BCUT2D eigenvalue weighted by molar-refractivity contribution is -0.133. The van der Waals surface area contributed by atoms with Crippen molar-refractivity contribution < 1.29 is 4.79 Å². The van der Waals surface area contributed by atoms with Crippen molar-refractivity contribution in [3.63, 3.8) is 0 Å². The van der Waals surface area contributed by atoms with Crippen LogP contribution in [0.2, 0.25) is 0 Å². The Hall–Kier alpha value is -1.05. The fourth-order valence-corrected chi connectivity index (χ4v) is 6.21. The molecule has 0 aliphatic carbocycles. The second-order valence-corrected chi connectivity index (χ2v) is 13.7. The summed E-state index contributed by atoms with van der Waals surface area (Å²) in [6, 6.07) is 0. The molecule has 0 saturated heterocycles. The summed E-state index contributed by atoms with van der Waals surface area (Å²) < 4.78 is 0. The number of hydrogen-bond acceptors (Lipinski definition) is 1. The van der Waals surface area contributed by atoms with Gasteiger partial charge >= 0.3 is 0 Å². The zero-order chi connectivity index (χ0) is 31.5. The molecule has 0 radical (unpaired) electrons. The van der Waals surface area contributed by atoms with Gasteiger partial charge in [0.15, 0.2) is 0 Å². The van der Waals surface area contributed by atoms with Gasteiger partial charge in [0.2, 0.25) is 5.91 Å². The van der Waals surface area contributed by atoms with Crippen LogP contribution in [0, 0.1) is 5.92 Å². The van der Waals surface area contributed by atoms with Gasteiger partial charge < -0.3 is 4.90 Å². The molecule has 0 heterocycles. The molecule has 43 heavy (non-hydrogen) atoms. The molecule has 0 aromatic rings. The van der Waals surface area contributed by atoms with E-state index in [1.165, 1.54) is 186 Å². The molecule has 1 unspecified atom stereocenters. The Morgan fingerprint density at radius 3 is 0.953 bits per heavy atom. The summed E-state index contributed by atoms with van der Waals surface area (Å²) in [6.07, 6.45) is 50.9. The summed E-state index contributed by atoms with van der Waals surface area (Å²) in [5, 5.41) is 0. The lowest BCUT2D eigenvalue weighted by atomic mass is 9.93. The zero-order valence-electron chi connectivity index (χ0n) is 30.2. The van der Waals surface area contributed by atoms with Crippen LogP contribution in [0.4, 0.5) is 0 Å². The lowest BCUT2D eigenvalue weighted by Gasteiger charge is -2.20. The fourth-order valence-electron chi connectivity index (χ4n) is 6.21. The highest BCUT2D eigenvalue weighted by Crippen LogP contribution is 2.21. The Balaban J connectivity index is 3.67. The molecule has 0 fully saturated rings. The molecule has 0 aromatic carbocycles. The molecule has 0 spiro atoms. The van der Waals surface area contributed by atoms with Gasteiger partial charge in [-0.05, 0) is 64.2 Å². The summed E-state index contributed by atoms with van der Waals surface area (Å²) in [7, 11) is 3.86. The molecule has 254 valence electrons. The molecule has 0 aromatic heterocycles. The van der Waals surface area contributed by atoms with Gasteiger partial charge in [-0.2, -0.15) is 0 Å². The lowest BCUT2D eigenvalue weighted by Crippen LogP contribution is -2.29. The van der Waals surface area contributed by atoms with E-state index < -0.39 is 0 Å². The third kappa shape index (κ3) is 32.2. The predicted molar refractivity (Wildman–Crippen MR) is 195 cm³/mol. The number of unbranched alkanes of at least 4 members (excludes halogenated alkanes) is 25. The first kappa shape index (κ1) is 42.0. The van der Waals surface area contributed by atoms with E-state index in [1.807, 2.05) is 19.0 Å². The minimum Gasteiger partial charge on any atom is -0.349 e. The number of allylic oxidation sites excluding steroid dienone is 4. The third-order valence-corrected chi connectivity index (χ3v) is 9.17. The molecule has 0 aliphatic rings. The molecule has 0 saturated carbocycles. The molecule has 0 N–H and O–H groups in total. The second kappa shape index (κ2) is 35.4. The van der Waals surface area contributed by atoms with Gasteiger partial charge in [-0.25, -0.2) is 0 Å². The average molecular weight is 602 g/mol. The maximum Gasteiger partial charge on any atom is 0.225 e. The normalized spacial score (nSPS) is 12.6. The highest BCUT2D eigenvalue weighted by molar-refractivity contribution is 5.78. The SMILES string of the molecule is CCCCCCCC/C=C\CCCCCCCCCC(CCCCCCCC/C=C\CCCCCCCC)C(=O)N(C)C. The van der Waals surface area contributed by atoms with Crippen molar-refractivity contribution in [2.75, 3.05) is 14.1 Å². The zero-order valence-corrected chi connectivity index (χ0v) is 30.2. The van der Waals surface area contributed by atoms with Gasteiger partial charge in [0, 0.05) is 20.0 Å². The molecular formula is C41H79NO. The van der Waals surface area contributed by atoms with E-state index in [9.17, 15) is 4.79 Å². The third-order valence-electron chi connectivity index (χ3n) is 9.17. The molecule has 2 heteroatoms. The van der Waals surface area contributed by atoms with Crippen molar-refractivity contribution in [2.24, 2.45) is 5.92 Å². The van der Waals surface area contributed by atoms with Crippen molar-refractivity contribution in [3.05, 3.63) is 24.3 Å². The van der Waals surface area contributed by atoms with Crippen LogP contribution in [0.25, 0.3) is 0 Å². The monoisotopic (exact) mass is 602 g/mol. The fraction of sp³-hybridized carbons (Fsp3) is 0.878. The van der Waals surface area contributed by atoms with Crippen LogP contribution in [0.15, 0.2) is 24.3 Å². The Kier molecular flexibility index (Phi) is 34.6. The number of hydrogen-bond donors (Lipinski definition) is 0. The summed E-state index contributed by atoms with van der Waals surface area (Å²) in [5.74, 6) is 0.604. The van der Waals surface area contributed by atoms with E-state index in [2.05, 4.69) is 38.2 Å². The Morgan fingerprint density at radius 1 is 0.419 bits per heavy atom. The van der Waals surface area contributed by atoms with E-state index in [0.29, 0.717) is 5.91 Å². The van der Waals surface area contributed by atoms with Crippen LogP contribution in [-0.4, -0.2) is 24.9 Å². The van der Waals surface area contributed by atoms with Crippen LogP contribution in [-0.2, 0) is 4.79 Å². The first-order valence-corrected chi connectivity index (χ1v) is 19.6. The topological polar surface area (TPSA) is 20.3 Å². The second-order valence-electron chi connectivity index (χ2n) is 13.7. The number of rotatable bonds is 34. The highest BCUT2D eigenvalue weighted by atomic mass is 16.2. The summed E-state index contributed by atoms with van der Waals surface area (Å²) in [6.45, 7) is 4.57. The molecule has 1 amide bonds. The van der Waals surface area contributed by atoms with Crippen LogP contribution in [0.3, 0.4) is 0 Å². The van der Waals surface area contributed by atoms with Gasteiger partial charge in [0.1, 0.15) is 0 Å². The first-order chi connectivity index (χ1) is 21.1.